The Morgan fingerprint density at radius 3 is 2.47 bits per heavy atom. The third-order valence-electron chi connectivity index (χ3n) is 4.63. The number of benzene rings is 1. The number of alkyl halides is 3. The van der Waals surface area contributed by atoms with Gasteiger partial charge in [-0.1, -0.05) is 11.6 Å². The van der Waals surface area contributed by atoms with Gasteiger partial charge in [-0.2, -0.15) is 13.2 Å². The quantitative estimate of drug-likeness (QED) is 0.518. The van der Waals surface area contributed by atoms with Crippen molar-refractivity contribution >= 4 is 34.9 Å². The second-order valence-corrected chi connectivity index (χ2v) is 7.24. The lowest BCUT2D eigenvalue weighted by molar-refractivity contribution is -0.137. The molecular weight excluding hydrogens is 465 g/mol. The molecule has 2 N–H and O–H groups in total. The average molecular weight is 483 g/mol. The zero-order valence-electron chi connectivity index (χ0n) is 18.9. The van der Waals surface area contributed by atoms with Gasteiger partial charge in [-0.05, 0) is 25.1 Å². The number of rotatable bonds is 3. The van der Waals surface area contributed by atoms with Crippen molar-refractivity contribution in [2.75, 3.05) is 16.8 Å². The summed E-state index contributed by atoms with van der Waals surface area (Å²) >= 11 is 5.59. The van der Waals surface area contributed by atoms with Crippen LogP contribution in [0, 0.1) is 18.6 Å². The van der Waals surface area contributed by atoms with E-state index >= 15 is 0 Å². The van der Waals surface area contributed by atoms with E-state index in [2.05, 4.69) is 4.98 Å². The van der Waals surface area contributed by atoms with E-state index in [0.29, 0.717) is 18.2 Å². The van der Waals surface area contributed by atoms with Gasteiger partial charge in [-0.15, -0.1) is 0 Å². The Labute approximate surface area is 186 Å². The van der Waals surface area contributed by atoms with Crippen molar-refractivity contribution in [3.8, 4) is 0 Å². The Morgan fingerprint density at radius 2 is 1.88 bits per heavy atom. The van der Waals surface area contributed by atoms with Gasteiger partial charge in [0.05, 0.1) is 16.3 Å². The molecule has 1 aromatic carbocycles. The van der Waals surface area contributed by atoms with Crippen molar-refractivity contribution in [1.82, 2.24) is 4.98 Å². The van der Waals surface area contributed by atoms with Gasteiger partial charge in [0.1, 0.15) is 29.6 Å². The highest BCUT2D eigenvalue weighted by Crippen LogP contribution is 2.35. The molecule has 0 unspecified atom stereocenters. The maximum absolute atomic E-state index is 14.5. The van der Waals surface area contributed by atoms with E-state index in [4.69, 9.17) is 15.7 Å². The lowest BCUT2D eigenvalue weighted by atomic mass is 10.1. The molecule has 172 valence electrons. The number of carbonyl (C=O) groups excluding carboxylic acids is 2. The van der Waals surface area contributed by atoms with E-state index in [-0.39, 0.29) is 21.6 Å². The molecule has 0 saturated carbocycles. The van der Waals surface area contributed by atoms with E-state index in [1.165, 1.54) is 0 Å². The van der Waals surface area contributed by atoms with Gasteiger partial charge >= 0.3 is 6.18 Å². The molecule has 32 heavy (non-hydrogen) atoms. The van der Waals surface area contributed by atoms with Crippen LogP contribution >= 0.6 is 11.6 Å². The first-order valence-electron chi connectivity index (χ1n) is 10.2. The molecule has 1 aromatic heterocycles. The van der Waals surface area contributed by atoms with Crippen molar-refractivity contribution in [3.63, 3.8) is 0 Å². The van der Waals surface area contributed by atoms with Crippen LogP contribution in [0.1, 0.15) is 15.4 Å². The van der Waals surface area contributed by atoms with Crippen molar-refractivity contribution in [2.24, 2.45) is 0 Å². The van der Waals surface area contributed by atoms with Crippen molar-refractivity contribution in [1.29, 1.82) is 0 Å². The smallest absolute Gasteiger partial charge is 0.387 e. The summed E-state index contributed by atoms with van der Waals surface area (Å²) < 4.78 is 90.9. The van der Waals surface area contributed by atoms with Gasteiger partial charge in [0.25, 0.3) is 11.8 Å². The largest absolute Gasteiger partial charge is 0.416 e. The Morgan fingerprint density at radius 1 is 1.22 bits per heavy atom. The van der Waals surface area contributed by atoms with Gasteiger partial charge in [0.2, 0.25) is 0 Å². The summed E-state index contributed by atoms with van der Waals surface area (Å²) in [5.74, 6) is -6.89. The van der Waals surface area contributed by atoms with E-state index in [1.54, 1.807) is 0 Å². The predicted molar refractivity (Wildman–Crippen MR) is 102 cm³/mol. The van der Waals surface area contributed by atoms with Crippen LogP contribution in [0.25, 0.3) is 0 Å². The Balaban J connectivity index is 2.20. The van der Waals surface area contributed by atoms with Crippen LogP contribution in [-0.4, -0.2) is 52.2 Å². The molecule has 1 saturated heterocycles. The van der Waals surface area contributed by atoms with Crippen LogP contribution in [0.5, 0.6) is 0 Å². The molecule has 0 radical (unpaired) electrons. The molecule has 2 aromatic rings. The minimum Gasteiger partial charge on any atom is -0.387 e. The summed E-state index contributed by atoms with van der Waals surface area (Å²) in [6, 6.07) is -0.725. The highest BCUT2D eigenvalue weighted by molar-refractivity contribution is 6.31. The number of aliphatic hydroxyl groups excluding tert-OH is 2. The number of carbonyl (C=O) groups is 2. The third kappa shape index (κ3) is 4.12. The first kappa shape index (κ1) is 19.8. The monoisotopic (exact) mass is 482 g/mol. The van der Waals surface area contributed by atoms with Gasteiger partial charge in [0, 0.05) is 22.8 Å². The molecule has 13 heteroatoms. The maximum Gasteiger partial charge on any atom is 0.416 e. The summed E-state index contributed by atoms with van der Waals surface area (Å²) in [6.07, 6.45) is -9.63. The zero-order valence-corrected chi connectivity index (χ0v) is 16.6. The first-order valence-corrected chi connectivity index (χ1v) is 9.06. The van der Waals surface area contributed by atoms with Crippen molar-refractivity contribution in [2.45, 2.75) is 31.3 Å². The van der Waals surface area contributed by atoms with E-state index in [9.17, 15) is 41.8 Å². The summed E-state index contributed by atoms with van der Waals surface area (Å²) in [6.45, 7) is -2.38. The molecule has 1 aliphatic heterocycles. The Bertz CT molecular complexity index is 1200. The van der Waals surface area contributed by atoms with Gasteiger partial charge in [-0.3, -0.25) is 14.5 Å². The number of aryl methyl sites for hydroxylation is 1. The minimum atomic E-state index is -4.92. The number of pyridine rings is 1. The number of nitrogens with zero attached hydrogens (tertiary/aromatic N) is 3. The zero-order chi connectivity index (χ0) is 26.6. The van der Waals surface area contributed by atoms with Gasteiger partial charge in [0.15, 0.2) is 6.10 Å². The Hall–Kier alpha value is -2.83. The molecule has 3 atom stereocenters. The number of aliphatic hydroxyl groups is 2. The highest BCUT2D eigenvalue weighted by Gasteiger charge is 2.53. The first-order chi connectivity index (χ1) is 15.9. The minimum absolute atomic E-state index is 0.185. The number of likely N-dealkylation sites (N-methyl/N-ethyl adjacent to an activating group) is 1. The maximum atomic E-state index is 14.5. The molecule has 1 fully saturated rings. The van der Waals surface area contributed by atoms with E-state index < -0.39 is 76.9 Å². The molecule has 0 aliphatic carbocycles. The van der Waals surface area contributed by atoms with Crippen LogP contribution in [0.4, 0.5) is 33.5 Å². The second kappa shape index (κ2) is 8.26. The number of amides is 2. The topological polar surface area (TPSA) is 94.0 Å². The fourth-order valence-electron chi connectivity index (χ4n) is 3.14. The molecular formula is C19H15ClF5N3O4. The molecule has 0 bridgehead atoms. The van der Waals surface area contributed by atoms with Crippen LogP contribution in [0.2, 0.25) is 5.02 Å². The number of hydrogen-bond donors (Lipinski definition) is 2. The van der Waals surface area contributed by atoms with Crippen LogP contribution < -0.4 is 9.80 Å². The fourth-order valence-corrected chi connectivity index (χ4v) is 3.29. The summed E-state index contributed by atoms with van der Waals surface area (Å²) in [5.41, 5.74) is -2.64. The number of aromatic nitrogens is 1. The molecule has 0 spiro atoms. The molecule has 2 amide bonds. The van der Waals surface area contributed by atoms with Gasteiger partial charge in [-0.25, -0.2) is 13.8 Å². The standard InChI is InChI=1S/C19H15ClF5N3O4/c1-7-3-8(19(23,24)25)4-13(26-7)28-14(15(29)16(30)18(28)32)17(31)27(2)12-5-9(20)10(21)6-11(12)22/h3-6,14-16,29-30H,1-2H3/t14-,15-,16-/m0/s1/i2D3. The SMILES string of the molecule is [2H]C([2H])([2H])N(C(=O)[C@@H]1[C@H](O)[C@H](O)C(=O)N1c1cc(C(F)(F)F)cc(C)n1)c1cc(Cl)c(F)cc1F. The summed E-state index contributed by atoms with van der Waals surface area (Å²) in [4.78, 5) is 29.7. The van der Waals surface area contributed by atoms with Crippen LogP contribution in [0.3, 0.4) is 0 Å². The molecule has 7 nitrogen and oxygen atoms in total. The van der Waals surface area contributed by atoms with Crippen molar-refractivity contribution in [3.05, 3.63) is 52.2 Å². The lowest BCUT2D eigenvalue weighted by Gasteiger charge is -2.29. The number of anilines is 2. The molecule has 1 aliphatic rings. The third-order valence-corrected chi connectivity index (χ3v) is 4.92. The molecule has 3 rings (SSSR count). The second-order valence-electron chi connectivity index (χ2n) is 6.83. The van der Waals surface area contributed by atoms with E-state index in [0.717, 1.165) is 6.92 Å². The normalized spacial score (nSPS) is 23.0. The van der Waals surface area contributed by atoms with E-state index in [1.807, 2.05) is 0 Å². The predicted octanol–water partition coefficient (Wildman–Crippen LogP) is 2.44. The fraction of sp³-hybridized carbons (Fsp3) is 0.316. The summed E-state index contributed by atoms with van der Waals surface area (Å²) in [7, 11) is 0. The highest BCUT2D eigenvalue weighted by atomic mass is 35.5. The van der Waals surface area contributed by atoms with Gasteiger partial charge < -0.3 is 15.1 Å². The molecule has 2 heterocycles. The number of halogens is 6. The van der Waals surface area contributed by atoms with Crippen LogP contribution in [-0.2, 0) is 15.8 Å². The summed E-state index contributed by atoms with van der Waals surface area (Å²) in [5, 5.41) is 19.7. The number of hydrogen-bond acceptors (Lipinski definition) is 5. The lowest BCUT2D eigenvalue weighted by Crippen LogP contribution is -2.50. The Kier molecular flexibility index (Phi) is 5.12. The van der Waals surface area contributed by atoms with Crippen molar-refractivity contribution < 1.29 is 45.9 Å². The average Bonchev–Trinajstić information content (AvgIpc) is 2.93. The van der Waals surface area contributed by atoms with Crippen LogP contribution in [0.15, 0.2) is 24.3 Å².